The van der Waals surface area contributed by atoms with Crippen molar-refractivity contribution in [3.63, 3.8) is 0 Å². The van der Waals surface area contributed by atoms with E-state index in [-0.39, 0.29) is 12.5 Å². The van der Waals surface area contributed by atoms with E-state index in [4.69, 9.17) is 23.1 Å². The predicted molar refractivity (Wildman–Crippen MR) is 66.0 cm³/mol. The first-order valence-electron chi connectivity index (χ1n) is 5.07. The van der Waals surface area contributed by atoms with E-state index in [1.165, 1.54) is 0 Å². The quantitative estimate of drug-likeness (QED) is 0.762. The number of likely N-dealkylation sites (N-methyl/N-ethyl adjacent to an activating group) is 1. The summed E-state index contributed by atoms with van der Waals surface area (Å²) in [5.74, 6) is -0.339. The number of amides is 1. The van der Waals surface area contributed by atoms with Gasteiger partial charge in [-0.1, -0.05) is 24.6 Å². The van der Waals surface area contributed by atoms with Gasteiger partial charge in [-0.15, -0.1) is 0 Å². The molecule has 16 heavy (non-hydrogen) atoms. The van der Waals surface area contributed by atoms with Crippen LogP contribution in [0.5, 0.6) is 0 Å². The molecule has 0 fully saturated rings. The number of hydrogen-bond acceptors (Lipinski definition) is 3. The van der Waals surface area contributed by atoms with Gasteiger partial charge in [-0.25, -0.2) is 0 Å². The molecule has 0 saturated heterocycles. The van der Waals surface area contributed by atoms with Gasteiger partial charge in [0.25, 0.3) is 0 Å². The average Bonchev–Trinajstić information content (AvgIpc) is 2.20. The van der Waals surface area contributed by atoms with Crippen LogP contribution in [0.25, 0.3) is 0 Å². The van der Waals surface area contributed by atoms with Crippen LogP contribution in [-0.4, -0.2) is 23.9 Å². The number of rotatable bonds is 5. The topological polar surface area (TPSA) is 72.3 Å². The minimum Gasteiger partial charge on any atom is -0.398 e. The van der Waals surface area contributed by atoms with Crippen LogP contribution in [0.3, 0.4) is 0 Å². The summed E-state index contributed by atoms with van der Waals surface area (Å²) in [4.78, 5) is 12.7. The predicted octanol–water partition coefficient (Wildman–Crippen LogP) is 1.23. The largest absolute Gasteiger partial charge is 0.398 e. The van der Waals surface area contributed by atoms with Crippen molar-refractivity contribution in [1.29, 1.82) is 0 Å². The van der Waals surface area contributed by atoms with Crippen molar-refractivity contribution in [3.05, 3.63) is 28.8 Å². The lowest BCUT2D eigenvalue weighted by molar-refractivity contribution is -0.119. The second-order valence-corrected chi connectivity index (χ2v) is 4.05. The number of nitrogens with two attached hydrogens (primary N) is 2. The monoisotopic (exact) mass is 241 g/mol. The standard InChI is InChI=1S/C11H16ClN3O/c1-2-15(7-11(14)16)6-8-3-4-9(12)5-10(8)13/h3-5H,2,6-7,13H2,1H3,(H2,14,16). The fourth-order valence-electron chi connectivity index (χ4n) is 1.45. The minimum atomic E-state index is -0.339. The maximum absolute atomic E-state index is 10.8. The van der Waals surface area contributed by atoms with Gasteiger partial charge in [0.15, 0.2) is 0 Å². The molecule has 1 aromatic rings. The third kappa shape index (κ3) is 3.72. The van der Waals surface area contributed by atoms with Gasteiger partial charge in [-0.2, -0.15) is 0 Å². The fourth-order valence-corrected chi connectivity index (χ4v) is 1.63. The van der Waals surface area contributed by atoms with Crippen LogP contribution < -0.4 is 11.5 Å². The van der Waals surface area contributed by atoms with Gasteiger partial charge in [-0.05, 0) is 24.2 Å². The van der Waals surface area contributed by atoms with Gasteiger partial charge >= 0.3 is 0 Å². The zero-order chi connectivity index (χ0) is 12.1. The summed E-state index contributed by atoms with van der Waals surface area (Å²) in [5.41, 5.74) is 12.6. The van der Waals surface area contributed by atoms with Crippen LogP contribution in [-0.2, 0) is 11.3 Å². The summed E-state index contributed by atoms with van der Waals surface area (Å²) < 4.78 is 0. The molecule has 4 N–H and O–H groups in total. The van der Waals surface area contributed by atoms with Crippen molar-refractivity contribution >= 4 is 23.2 Å². The molecule has 0 aliphatic rings. The number of halogens is 1. The number of nitrogen functional groups attached to an aromatic ring is 1. The molecule has 1 aromatic carbocycles. The molecule has 0 atom stereocenters. The molecule has 0 aliphatic heterocycles. The first-order valence-corrected chi connectivity index (χ1v) is 5.45. The minimum absolute atomic E-state index is 0.235. The van der Waals surface area contributed by atoms with E-state index in [2.05, 4.69) is 0 Å². The van der Waals surface area contributed by atoms with Crippen molar-refractivity contribution in [2.75, 3.05) is 18.8 Å². The van der Waals surface area contributed by atoms with Crippen molar-refractivity contribution in [2.45, 2.75) is 13.5 Å². The summed E-state index contributed by atoms with van der Waals surface area (Å²) in [6.45, 7) is 3.54. The van der Waals surface area contributed by atoms with Gasteiger partial charge in [-0.3, -0.25) is 9.69 Å². The Morgan fingerprint density at radius 3 is 2.69 bits per heavy atom. The first-order chi connectivity index (χ1) is 7.52. The summed E-state index contributed by atoms with van der Waals surface area (Å²) in [6.07, 6.45) is 0. The molecule has 88 valence electrons. The summed E-state index contributed by atoms with van der Waals surface area (Å²) in [5, 5.41) is 0.610. The molecule has 0 bridgehead atoms. The Kier molecular flexibility index (Phi) is 4.58. The van der Waals surface area contributed by atoms with Crippen molar-refractivity contribution in [3.8, 4) is 0 Å². The Labute approximate surface area is 100 Å². The molecular formula is C11H16ClN3O. The lowest BCUT2D eigenvalue weighted by Crippen LogP contribution is -2.33. The van der Waals surface area contributed by atoms with E-state index in [1.54, 1.807) is 12.1 Å². The van der Waals surface area contributed by atoms with Gasteiger partial charge < -0.3 is 11.5 Å². The van der Waals surface area contributed by atoms with E-state index in [0.29, 0.717) is 17.3 Å². The molecule has 1 amide bonds. The summed E-state index contributed by atoms with van der Waals surface area (Å²) in [7, 11) is 0. The lowest BCUT2D eigenvalue weighted by Gasteiger charge is -2.19. The second kappa shape index (κ2) is 5.72. The number of hydrogen-bond donors (Lipinski definition) is 2. The number of primary amides is 1. The van der Waals surface area contributed by atoms with Crippen LogP contribution in [0.1, 0.15) is 12.5 Å². The summed E-state index contributed by atoms with van der Waals surface area (Å²) in [6, 6.07) is 5.35. The smallest absolute Gasteiger partial charge is 0.231 e. The van der Waals surface area contributed by atoms with E-state index in [9.17, 15) is 4.79 Å². The highest BCUT2D eigenvalue weighted by Gasteiger charge is 2.08. The van der Waals surface area contributed by atoms with Gasteiger partial charge in [0.05, 0.1) is 6.54 Å². The molecular weight excluding hydrogens is 226 g/mol. The van der Waals surface area contributed by atoms with E-state index in [0.717, 1.165) is 12.1 Å². The zero-order valence-electron chi connectivity index (χ0n) is 9.24. The lowest BCUT2D eigenvalue weighted by atomic mass is 10.1. The van der Waals surface area contributed by atoms with E-state index < -0.39 is 0 Å². The highest BCUT2D eigenvalue weighted by atomic mass is 35.5. The van der Waals surface area contributed by atoms with Gasteiger partial charge in [0, 0.05) is 17.3 Å². The van der Waals surface area contributed by atoms with Gasteiger partial charge in [0.2, 0.25) is 5.91 Å². The fraction of sp³-hybridized carbons (Fsp3) is 0.364. The Hall–Kier alpha value is -1.26. The molecule has 0 unspecified atom stereocenters. The van der Waals surface area contributed by atoms with Crippen LogP contribution in [0.4, 0.5) is 5.69 Å². The molecule has 0 radical (unpaired) electrons. The van der Waals surface area contributed by atoms with Crippen molar-refractivity contribution < 1.29 is 4.79 Å². The van der Waals surface area contributed by atoms with Crippen LogP contribution in [0.15, 0.2) is 18.2 Å². The van der Waals surface area contributed by atoms with Crippen molar-refractivity contribution in [2.24, 2.45) is 5.73 Å². The number of anilines is 1. The molecule has 0 aliphatic carbocycles. The maximum atomic E-state index is 10.8. The first kappa shape index (κ1) is 12.8. The number of carbonyl (C=O) groups is 1. The average molecular weight is 242 g/mol. The number of nitrogens with zero attached hydrogens (tertiary/aromatic N) is 1. The SMILES string of the molecule is CCN(CC(N)=O)Cc1ccc(Cl)cc1N. The van der Waals surface area contributed by atoms with Crippen molar-refractivity contribution in [1.82, 2.24) is 4.90 Å². The van der Waals surface area contributed by atoms with Gasteiger partial charge in [0.1, 0.15) is 0 Å². The number of carbonyl (C=O) groups excluding carboxylic acids is 1. The number of benzene rings is 1. The third-order valence-corrected chi connectivity index (χ3v) is 2.56. The van der Waals surface area contributed by atoms with E-state index in [1.807, 2.05) is 17.9 Å². The molecule has 5 heteroatoms. The normalized spacial score (nSPS) is 10.7. The maximum Gasteiger partial charge on any atom is 0.231 e. The van der Waals surface area contributed by atoms with Crippen LogP contribution in [0, 0.1) is 0 Å². The Morgan fingerprint density at radius 2 is 2.19 bits per heavy atom. The molecule has 0 aromatic heterocycles. The highest BCUT2D eigenvalue weighted by Crippen LogP contribution is 2.19. The second-order valence-electron chi connectivity index (χ2n) is 3.61. The molecule has 0 spiro atoms. The Morgan fingerprint density at radius 1 is 1.50 bits per heavy atom. The zero-order valence-corrected chi connectivity index (χ0v) is 10.00. The van der Waals surface area contributed by atoms with E-state index >= 15 is 0 Å². The highest BCUT2D eigenvalue weighted by molar-refractivity contribution is 6.30. The molecule has 4 nitrogen and oxygen atoms in total. The molecule has 1 rings (SSSR count). The van der Waals surface area contributed by atoms with Crippen LogP contribution in [0.2, 0.25) is 5.02 Å². The van der Waals surface area contributed by atoms with Crippen LogP contribution >= 0.6 is 11.6 Å². The molecule has 0 saturated carbocycles. The Bertz CT molecular complexity index is 381. The third-order valence-electron chi connectivity index (χ3n) is 2.33. The molecule has 0 heterocycles. The Balaban J connectivity index is 2.73. The summed E-state index contributed by atoms with van der Waals surface area (Å²) >= 11 is 5.80.